The summed E-state index contributed by atoms with van der Waals surface area (Å²) in [6, 6.07) is 4.43. The lowest BCUT2D eigenvalue weighted by molar-refractivity contribution is 0.173. The number of carbonyl (C=O) groups excluding carboxylic acids is 1. The van der Waals surface area contributed by atoms with Crippen molar-refractivity contribution in [3.63, 3.8) is 0 Å². The molecule has 21 heavy (non-hydrogen) atoms. The number of nitrogens with zero attached hydrogens (tertiary/aromatic N) is 1. The molecule has 3 N–H and O–H groups in total. The summed E-state index contributed by atoms with van der Waals surface area (Å²) in [6.07, 6.45) is -0.903. The van der Waals surface area contributed by atoms with Gasteiger partial charge in [0.15, 0.2) is 0 Å². The third-order valence-corrected chi connectivity index (χ3v) is 3.89. The lowest BCUT2D eigenvalue weighted by atomic mass is 10.1. The van der Waals surface area contributed by atoms with E-state index in [1.807, 2.05) is 5.38 Å². The number of amides is 2. The second-order valence-corrected chi connectivity index (χ2v) is 5.79. The fourth-order valence-electron chi connectivity index (χ4n) is 1.63. The van der Waals surface area contributed by atoms with Crippen molar-refractivity contribution < 1.29 is 9.90 Å². The first-order chi connectivity index (χ1) is 10.1. The molecule has 5 nitrogen and oxygen atoms in total. The van der Waals surface area contributed by atoms with Gasteiger partial charge in [0.2, 0.25) is 0 Å². The Kier molecular flexibility index (Phi) is 5.81. The Morgan fingerprint density at radius 1 is 1.38 bits per heavy atom. The molecule has 0 saturated carbocycles. The predicted octanol–water partition coefficient (Wildman–Crippen LogP) is 2.98. The van der Waals surface area contributed by atoms with E-state index in [0.717, 1.165) is 5.69 Å². The van der Waals surface area contributed by atoms with Crippen LogP contribution in [0.25, 0.3) is 0 Å². The van der Waals surface area contributed by atoms with Gasteiger partial charge in [0.25, 0.3) is 0 Å². The average Bonchev–Trinajstić information content (AvgIpc) is 2.95. The average molecular weight is 346 g/mol. The lowest BCUT2D eigenvalue weighted by Gasteiger charge is -2.14. The first-order valence-corrected chi connectivity index (χ1v) is 7.78. The van der Waals surface area contributed by atoms with Crippen molar-refractivity contribution in [1.82, 2.24) is 15.6 Å². The Morgan fingerprint density at radius 3 is 2.86 bits per heavy atom. The van der Waals surface area contributed by atoms with E-state index in [9.17, 15) is 9.90 Å². The van der Waals surface area contributed by atoms with Crippen LogP contribution in [0.5, 0.6) is 0 Å². The van der Waals surface area contributed by atoms with Gasteiger partial charge in [-0.05, 0) is 12.1 Å². The zero-order valence-corrected chi connectivity index (χ0v) is 13.2. The zero-order chi connectivity index (χ0) is 15.2. The molecular formula is C13H13Cl2N3O2S. The van der Waals surface area contributed by atoms with E-state index < -0.39 is 6.10 Å². The Bertz CT molecular complexity index is 607. The second kappa shape index (κ2) is 7.61. The van der Waals surface area contributed by atoms with Crippen LogP contribution in [-0.2, 0) is 6.54 Å². The molecule has 2 aromatic rings. The maximum atomic E-state index is 11.6. The molecular weight excluding hydrogens is 333 g/mol. The molecule has 0 bridgehead atoms. The van der Waals surface area contributed by atoms with Crippen LogP contribution in [0, 0.1) is 0 Å². The van der Waals surface area contributed by atoms with Crippen LogP contribution >= 0.6 is 34.5 Å². The smallest absolute Gasteiger partial charge is 0.315 e. The second-order valence-electron chi connectivity index (χ2n) is 4.22. The molecule has 0 aliphatic heterocycles. The van der Waals surface area contributed by atoms with E-state index >= 15 is 0 Å². The summed E-state index contributed by atoms with van der Waals surface area (Å²) in [5.74, 6) is 0. The Hall–Kier alpha value is -1.34. The van der Waals surface area contributed by atoms with Crippen LogP contribution in [0.1, 0.15) is 17.4 Å². The Balaban J connectivity index is 1.80. The molecule has 1 aromatic heterocycles. The Labute approximate surface area is 135 Å². The van der Waals surface area contributed by atoms with Crippen molar-refractivity contribution in [2.24, 2.45) is 0 Å². The van der Waals surface area contributed by atoms with Gasteiger partial charge in [-0.15, -0.1) is 11.3 Å². The van der Waals surface area contributed by atoms with Crippen LogP contribution in [0.2, 0.25) is 10.0 Å². The van der Waals surface area contributed by atoms with Crippen molar-refractivity contribution in [1.29, 1.82) is 0 Å². The number of halogens is 2. The highest BCUT2D eigenvalue weighted by Crippen LogP contribution is 2.25. The highest BCUT2D eigenvalue weighted by molar-refractivity contribution is 7.07. The highest BCUT2D eigenvalue weighted by atomic mass is 35.5. The van der Waals surface area contributed by atoms with Gasteiger partial charge in [0.1, 0.15) is 0 Å². The fraction of sp³-hybridized carbons (Fsp3) is 0.231. The van der Waals surface area contributed by atoms with E-state index in [-0.39, 0.29) is 12.6 Å². The van der Waals surface area contributed by atoms with Gasteiger partial charge < -0.3 is 15.7 Å². The predicted molar refractivity (Wildman–Crippen MR) is 83.8 cm³/mol. The van der Waals surface area contributed by atoms with Crippen molar-refractivity contribution in [3.05, 3.63) is 50.4 Å². The number of rotatable bonds is 5. The van der Waals surface area contributed by atoms with E-state index in [0.29, 0.717) is 22.2 Å². The number of benzene rings is 1. The number of aliphatic hydroxyl groups is 1. The van der Waals surface area contributed by atoms with Gasteiger partial charge in [-0.2, -0.15) is 0 Å². The topological polar surface area (TPSA) is 74.2 Å². The number of carbonyl (C=O) groups is 1. The van der Waals surface area contributed by atoms with E-state index in [4.69, 9.17) is 23.2 Å². The molecule has 0 aliphatic rings. The number of hydrogen-bond acceptors (Lipinski definition) is 4. The molecule has 112 valence electrons. The van der Waals surface area contributed by atoms with E-state index in [1.54, 1.807) is 23.7 Å². The largest absolute Gasteiger partial charge is 0.387 e. The van der Waals surface area contributed by atoms with Gasteiger partial charge in [-0.1, -0.05) is 29.3 Å². The normalized spacial score (nSPS) is 12.0. The minimum Gasteiger partial charge on any atom is -0.387 e. The number of hydrogen-bond donors (Lipinski definition) is 3. The van der Waals surface area contributed by atoms with E-state index in [2.05, 4.69) is 15.6 Å². The summed E-state index contributed by atoms with van der Waals surface area (Å²) in [5, 5.41) is 17.9. The number of aromatic nitrogens is 1. The van der Waals surface area contributed by atoms with Crippen LogP contribution in [0.15, 0.2) is 29.1 Å². The fourth-order valence-corrected chi connectivity index (χ4v) is 2.72. The Morgan fingerprint density at radius 2 is 2.19 bits per heavy atom. The van der Waals surface area contributed by atoms with Gasteiger partial charge in [0.05, 0.1) is 23.9 Å². The summed E-state index contributed by atoms with van der Waals surface area (Å²) >= 11 is 13.2. The molecule has 8 heteroatoms. The first-order valence-electron chi connectivity index (χ1n) is 6.08. The van der Waals surface area contributed by atoms with Crippen LogP contribution in [-0.4, -0.2) is 22.7 Å². The molecule has 0 radical (unpaired) electrons. The molecule has 2 rings (SSSR count). The van der Waals surface area contributed by atoms with E-state index in [1.165, 1.54) is 11.3 Å². The summed E-state index contributed by atoms with van der Waals surface area (Å²) in [7, 11) is 0. The standard InChI is InChI=1S/C13H13Cl2N3O2S/c14-8-1-2-10(11(15)3-8)12(19)5-17-13(20)16-4-9-6-21-7-18-9/h1-3,6-7,12,19H,4-5H2,(H2,16,17,20). The minimum atomic E-state index is -0.903. The first kappa shape index (κ1) is 16.0. The molecule has 1 aromatic carbocycles. The van der Waals surface area contributed by atoms with Crippen LogP contribution < -0.4 is 10.6 Å². The number of thiazole rings is 1. The van der Waals surface area contributed by atoms with Crippen LogP contribution in [0.4, 0.5) is 4.79 Å². The van der Waals surface area contributed by atoms with Gasteiger partial charge in [0, 0.05) is 27.5 Å². The highest BCUT2D eigenvalue weighted by Gasteiger charge is 2.13. The molecule has 1 heterocycles. The lowest BCUT2D eigenvalue weighted by Crippen LogP contribution is -2.37. The number of nitrogens with one attached hydrogen (secondary N) is 2. The maximum absolute atomic E-state index is 11.6. The van der Waals surface area contributed by atoms with Gasteiger partial charge >= 0.3 is 6.03 Å². The summed E-state index contributed by atoms with van der Waals surface area (Å²) in [4.78, 5) is 15.6. The van der Waals surface area contributed by atoms with Crippen molar-refractivity contribution in [2.45, 2.75) is 12.6 Å². The zero-order valence-electron chi connectivity index (χ0n) is 10.8. The SMILES string of the molecule is O=C(NCc1cscn1)NCC(O)c1ccc(Cl)cc1Cl. The van der Waals surface area contributed by atoms with Crippen molar-refractivity contribution >= 4 is 40.6 Å². The molecule has 0 aliphatic carbocycles. The molecule has 1 unspecified atom stereocenters. The van der Waals surface area contributed by atoms with Crippen molar-refractivity contribution in [3.8, 4) is 0 Å². The molecule has 2 amide bonds. The van der Waals surface area contributed by atoms with Crippen LogP contribution in [0.3, 0.4) is 0 Å². The third-order valence-electron chi connectivity index (χ3n) is 2.69. The molecule has 0 spiro atoms. The molecule has 1 atom stereocenters. The van der Waals surface area contributed by atoms with Gasteiger partial charge in [-0.25, -0.2) is 9.78 Å². The maximum Gasteiger partial charge on any atom is 0.315 e. The molecule has 0 saturated heterocycles. The quantitative estimate of drug-likeness (QED) is 0.779. The summed E-state index contributed by atoms with van der Waals surface area (Å²) in [5.41, 5.74) is 3.00. The molecule has 0 fully saturated rings. The third kappa shape index (κ3) is 4.86. The minimum absolute atomic E-state index is 0.0459. The monoisotopic (exact) mass is 345 g/mol. The van der Waals surface area contributed by atoms with Crippen molar-refractivity contribution in [2.75, 3.05) is 6.54 Å². The summed E-state index contributed by atoms with van der Waals surface area (Å²) < 4.78 is 0. The number of aliphatic hydroxyl groups excluding tert-OH is 1. The summed E-state index contributed by atoms with van der Waals surface area (Å²) in [6.45, 7) is 0.386. The van der Waals surface area contributed by atoms with Gasteiger partial charge in [-0.3, -0.25) is 0 Å². The number of urea groups is 1.